The van der Waals surface area contributed by atoms with Crippen LogP contribution in [0.2, 0.25) is 0 Å². The summed E-state index contributed by atoms with van der Waals surface area (Å²) < 4.78 is 0.937. The molecule has 0 amide bonds. The van der Waals surface area contributed by atoms with Gasteiger partial charge in [0.2, 0.25) is 0 Å². The zero-order valence-electron chi connectivity index (χ0n) is 7.92. The third-order valence-electron chi connectivity index (χ3n) is 2.73. The number of carbonyl (C=O) groups excluding carboxylic acids is 1. The molecule has 2 atom stereocenters. The molecule has 0 aliphatic carbocycles. The highest BCUT2D eigenvalue weighted by Gasteiger charge is 2.31. The van der Waals surface area contributed by atoms with Gasteiger partial charge in [-0.25, -0.2) is 0 Å². The van der Waals surface area contributed by atoms with E-state index < -0.39 is 0 Å². The van der Waals surface area contributed by atoms with Crippen molar-refractivity contribution in [3.63, 3.8) is 0 Å². The lowest BCUT2D eigenvalue weighted by Gasteiger charge is -2.11. The molecule has 1 aromatic heterocycles. The van der Waals surface area contributed by atoms with Crippen LogP contribution in [0.15, 0.2) is 15.2 Å². The maximum atomic E-state index is 12.1. The van der Waals surface area contributed by atoms with Crippen LogP contribution in [0.1, 0.15) is 17.3 Å². The van der Waals surface area contributed by atoms with E-state index in [1.807, 2.05) is 10.8 Å². The van der Waals surface area contributed by atoms with Gasteiger partial charge in [-0.15, -0.1) is 0 Å². The van der Waals surface area contributed by atoms with Gasteiger partial charge in [-0.1, -0.05) is 6.92 Å². The van der Waals surface area contributed by atoms with Crippen molar-refractivity contribution >= 4 is 33.0 Å². The minimum atomic E-state index is 0.154. The minimum Gasteiger partial charge on any atom is -0.316 e. The highest BCUT2D eigenvalue weighted by molar-refractivity contribution is 9.10. The van der Waals surface area contributed by atoms with E-state index in [4.69, 9.17) is 0 Å². The Labute approximate surface area is 95.8 Å². The second-order valence-electron chi connectivity index (χ2n) is 3.74. The number of hydrogen-bond donors (Lipinski definition) is 1. The van der Waals surface area contributed by atoms with Crippen LogP contribution in [0.3, 0.4) is 0 Å². The maximum Gasteiger partial charge on any atom is 0.169 e. The van der Waals surface area contributed by atoms with Crippen molar-refractivity contribution in [1.29, 1.82) is 0 Å². The minimum absolute atomic E-state index is 0.154. The van der Waals surface area contributed by atoms with Crippen LogP contribution < -0.4 is 5.32 Å². The number of carbonyl (C=O) groups is 1. The zero-order chi connectivity index (χ0) is 10.1. The van der Waals surface area contributed by atoms with E-state index in [0.29, 0.717) is 5.92 Å². The molecule has 2 rings (SSSR count). The van der Waals surface area contributed by atoms with Gasteiger partial charge in [-0.2, -0.15) is 11.3 Å². The smallest absolute Gasteiger partial charge is 0.169 e. The lowest BCUT2D eigenvalue weighted by molar-refractivity contribution is 0.0907. The number of hydrogen-bond acceptors (Lipinski definition) is 3. The summed E-state index contributed by atoms with van der Waals surface area (Å²) in [4.78, 5) is 12.1. The van der Waals surface area contributed by atoms with Crippen LogP contribution in [0.25, 0.3) is 0 Å². The molecule has 0 bridgehead atoms. The molecule has 0 saturated carbocycles. The Balaban J connectivity index is 2.20. The SMILES string of the molecule is CC1CNCC1C(=O)c1cscc1Br. The molecule has 1 fully saturated rings. The largest absolute Gasteiger partial charge is 0.316 e. The molecule has 2 heterocycles. The third-order valence-corrected chi connectivity index (χ3v) is 4.44. The quantitative estimate of drug-likeness (QED) is 0.840. The molecule has 14 heavy (non-hydrogen) atoms. The molecule has 76 valence electrons. The summed E-state index contributed by atoms with van der Waals surface area (Å²) in [6.45, 7) is 3.91. The summed E-state index contributed by atoms with van der Waals surface area (Å²) in [5.74, 6) is 0.880. The number of rotatable bonds is 2. The second kappa shape index (κ2) is 4.13. The van der Waals surface area contributed by atoms with Crippen LogP contribution >= 0.6 is 27.3 Å². The Hall–Kier alpha value is -0.190. The first-order valence-corrected chi connectivity index (χ1v) is 6.40. The molecule has 1 aromatic rings. The van der Waals surface area contributed by atoms with Gasteiger partial charge >= 0.3 is 0 Å². The molecule has 1 saturated heterocycles. The molecule has 1 aliphatic heterocycles. The first-order chi connectivity index (χ1) is 6.70. The van der Waals surface area contributed by atoms with E-state index in [0.717, 1.165) is 23.1 Å². The van der Waals surface area contributed by atoms with E-state index >= 15 is 0 Å². The predicted molar refractivity (Wildman–Crippen MR) is 61.9 cm³/mol. The second-order valence-corrected chi connectivity index (χ2v) is 5.34. The van der Waals surface area contributed by atoms with Crippen molar-refractivity contribution in [2.75, 3.05) is 13.1 Å². The molecule has 4 heteroatoms. The van der Waals surface area contributed by atoms with Crippen LogP contribution in [-0.2, 0) is 0 Å². The van der Waals surface area contributed by atoms with E-state index in [2.05, 4.69) is 28.2 Å². The maximum absolute atomic E-state index is 12.1. The van der Waals surface area contributed by atoms with Gasteiger partial charge in [0.15, 0.2) is 5.78 Å². The van der Waals surface area contributed by atoms with E-state index in [1.165, 1.54) is 0 Å². The summed E-state index contributed by atoms with van der Waals surface area (Å²) >= 11 is 4.97. The molecule has 2 nitrogen and oxygen atoms in total. The fourth-order valence-corrected chi connectivity index (χ4v) is 3.30. The van der Waals surface area contributed by atoms with Crippen molar-refractivity contribution in [3.05, 3.63) is 20.8 Å². The van der Waals surface area contributed by atoms with Crippen LogP contribution in [-0.4, -0.2) is 18.9 Å². The lowest BCUT2D eigenvalue weighted by Crippen LogP contribution is -2.21. The fraction of sp³-hybridized carbons (Fsp3) is 0.500. The summed E-state index contributed by atoms with van der Waals surface area (Å²) in [5, 5.41) is 7.14. The summed E-state index contributed by atoms with van der Waals surface area (Å²) in [7, 11) is 0. The third kappa shape index (κ3) is 1.78. The van der Waals surface area contributed by atoms with Crippen LogP contribution in [0, 0.1) is 11.8 Å². The van der Waals surface area contributed by atoms with Gasteiger partial charge in [0.05, 0.1) is 0 Å². The predicted octanol–water partition coefficient (Wildman–Crippen LogP) is 2.55. The number of ketones is 1. The molecule has 0 spiro atoms. The zero-order valence-corrected chi connectivity index (χ0v) is 10.3. The molecule has 1 aliphatic rings. The van der Waals surface area contributed by atoms with Gasteiger partial charge in [0.1, 0.15) is 0 Å². The van der Waals surface area contributed by atoms with Gasteiger partial charge < -0.3 is 5.32 Å². The van der Waals surface area contributed by atoms with Gasteiger partial charge in [-0.05, 0) is 28.4 Å². The average Bonchev–Trinajstić information content (AvgIpc) is 2.73. The Kier molecular flexibility index (Phi) is 3.04. The normalized spacial score (nSPS) is 26.7. The molecule has 0 aromatic carbocycles. The Morgan fingerprint density at radius 2 is 2.36 bits per heavy atom. The summed E-state index contributed by atoms with van der Waals surface area (Å²) in [6, 6.07) is 0. The molecular formula is C10H12BrNOS. The van der Waals surface area contributed by atoms with Crippen LogP contribution in [0.4, 0.5) is 0 Å². The molecular weight excluding hydrogens is 262 g/mol. The average molecular weight is 274 g/mol. The van der Waals surface area contributed by atoms with Crippen molar-refractivity contribution in [2.45, 2.75) is 6.92 Å². The van der Waals surface area contributed by atoms with Crippen molar-refractivity contribution in [1.82, 2.24) is 5.32 Å². The van der Waals surface area contributed by atoms with E-state index in [9.17, 15) is 4.79 Å². The highest BCUT2D eigenvalue weighted by Crippen LogP contribution is 2.27. The highest BCUT2D eigenvalue weighted by atomic mass is 79.9. The van der Waals surface area contributed by atoms with Gasteiger partial charge in [0, 0.05) is 33.3 Å². The molecule has 0 radical (unpaired) electrons. The van der Waals surface area contributed by atoms with E-state index in [-0.39, 0.29) is 11.7 Å². The van der Waals surface area contributed by atoms with E-state index in [1.54, 1.807) is 11.3 Å². The topological polar surface area (TPSA) is 29.1 Å². The number of halogens is 1. The summed E-state index contributed by atoms with van der Waals surface area (Å²) in [5.41, 5.74) is 0.843. The van der Waals surface area contributed by atoms with Gasteiger partial charge in [0.25, 0.3) is 0 Å². The number of thiophene rings is 1. The van der Waals surface area contributed by atoms with Crippen molar-refractivity contribution in [3.8, 4) is 0 Å². The van der Waals surface area contributed by atoms with Crippen molar-refractivity contribution < 1.29 is 4.79 Å². The van der Waals surface area contributed by atoms with Gasteiger partial charge in [-0.3, -0.25) is 4.79 Å². The van der Waals surface area contributed by atoms with Crippen LogP contribution in [0.5, 0.6) is 0 Å². The standard InChI is InChI=1S/C10H12BrNOS/c1-6-2-12-3-7(6)10(13)8-4-14-5-9(8)11/h4-7,12H,2-3H2,1H3. The Bertz CT molecular complexity index is 350. The lowest BCUT2D eigenvalue weighted by atomic mass is 9.91. The first-order valence-electron chi connectivity index (χ1n) is 4.66. The Morgan fingerprint density at radius 3 is 2.86 bits per heavy atom. The number of nitrogens with one attached hydrogen (secondary N) is 1. The molecule has 2 unspecified atom stereocenters. The fourth-order valence-electron chi connectivity index (χ4n) is 1.82. The van der Waals surface area contributed by atoms with Crippen molar-refractivity contribution in [2.24, 2.45) is 11.8 Å². The molecule has 1 N–H and O–H groups in total. The first kappa shape index (κ1) is 10.3. The summed E-state index contributed by atoms with van der Waals surface area (Å²) in [6.07, 6.45) is 0. The Morgan fingerprint density at radius 1 is 1.57 bits per heavy atom. The monoisotopic (exact) mass is 273 g/mol. The number of Topliss-reactive ketones (excluding diaryl/α,β-unsaturated/α-hetero) is 1.